The Hall–Kier alpha value is -0.120. The molecular weight excluding hydrogens is 246 g/mol. The Labute approximate surface area is 126 Å². The molecule has 1 saturated carbocycles. The van der Waals surface area contributed by atoms with Crippen LogP contribution in [0.3, 0.4) is 0 Å². The Bertz CT molecular complexity index is 273. The lowest BCUT2D eigenvalue weighted by Crippen LogP contribution is -2.60. The van der Waals surface area contributed by atoms with Crippen LogP contribution in [0.1, 0.15) is 47.0 Å². The predicted molar refractivity (Wildman–Crippen MR) is 87.1 cm³/mol. The maximum Gasteiger partial charge on any atom is 0.0276 e. The first-order chi connectivity index (χ1) is 9.65. The van der Waals surface area contributed by atoms with Gasteiger partial charge in [0.05, 0.1) is 0 Å². The number of rotatable bonds is 5. The standard InChI is InChI=1S/C17H35N3/c1-5-7-18-16-13-14(3)12-15(4)17(16)20-10-8-19(6-2)9-11-20/h14-18H,5-13H2,1-4H3. The average Bonchev–Trinajstić information content (AvgIpc) is 2.45. The second-order valence-corrected chi connectivity index (χ2v) is 7.08. The highest BCUT2D eigenvalue weighted by Crippen LogP contribution is 2.32. The van der Waals surface area contributed by atoms with Crippen LogP contribution < -0.4 is 5.32 Å². The lowest BCUT2D eigenvalue weighted by Gasteiger charge is -2.48. The van der Waals surface area contributed by atoms with E-state index in [1.54, 1.807) is 0 Å². The summed E-state index contributed by atoms with van der Waals surface area (Å²) in [5, 5.41) is 3.85. The van der Waals surface area contributed by atoms with Crippen molar-refractivity contribution >= 4 is 0 Å². The number of hydrogen-bond donors (Lipinski definition) is 1. The van der Waals surface area contributed by atoms with Crippen molar-refractivity contribution in [2.45, 2.75) is 59.0 Å². The molecule has 1 aliphatic carbocycles. The van der Waals surface area contributed by atoms with Gasteiger partial charge in [-0.05, 0) is 44.2 Å². The lowest BCUT2D eigenvalue weighted by atomic mass is 9.75. The first-order valence-corrected chi connectivity index (χ1v) is 8.85. The van der Waals surface area contributed by atoms with Crippen LogP contribution in [-0.4, -0.2) is 61.2 Å². The molecule has 0 aromatic rings. The smallest absolute Gasteiger partial charge is 0.0276 e. The molecule has 20 heavy (non-hydrogen) atoms. The molecule has 1 aliphatic heterocycles. The molecule has 4 atom stereocenters. The summed E-state index contributed by atoms with van der Waals surface area (Å²) in [6, 6.07) is 1.47. The van der Waals surface area contributed by atoms with Crippen molar-refractivity contribution in [3.63, 3.8) is 0 Å². The zero-order valence-corrected chi connectivity index (χ0v) is 14.1. The van der Waals surface area contributed by atoms with E-state index < -0.39 is 0 Å². The van der Waals surface area contributed by atoms with Gasteiger partial charge in [0.2, 0.25) is 0 Å². The zero-order valence-electron chi connectivity index (χ0n) is 14.1. The van der Waals surface area contributed by atoms with Crippen LogP contribution in [0, 0.1) is 11.8 Å². The largest absolute Gasteiger partial charge is 0.312 e. The molecule has 3 nitrogen and oxygen atoms in total. The number of hydrogen-bond acceptors (Lipinski definition) is 3. The molecule has 4 unspecified atom stereocenters. The second-order valence-electron chi connectivity index (χ2n) is 7.08. The molecule has 2 rings (SSSR count). The Balaban J connectivity index is 1.97. The van der Waals surface area contributed by atoms with Crippen LogP contribution in [0.2, 0.25) is 0 Å². The van der Waals surface area contributed by atoms with Gasteiger partial charge in [0.25, 0.3) is 0 Å². The number of likely N-dealkylation sites (N-methyl/N-ethyl adjacent to an activating group) is 1. The van der Waals surface area contributed by atoms with E-state index in [1.165, 1.54) is 58.5 Å². The second kappa shape index (κ2) is 7.77. The van der Waals surface area contributed by atoms with Gasteiger partial charge in [-0.1, -0.05) is 27.7 Å². The van der Waals surface area contributed by atoms with E-state index in [-0.39, 0.29) is 0 Å². The summed E-state index contributed by atoms with van der Waals surface area (Å²) in [5.41, 5.74) is 0. The van der Waals surface area contributed by atoms with Crippen LogP contribution >= 0.6 is 0 Å². The maximum atomic E-state index is 3.85. The average molecular weight is 281 g/mol. The molecule has 0 radical (unpaired) electrons. The highest BCUT2D eigenvalue weighted by Gasteiger charge is 2.38. The summed E-state index contributed by atoms with van der Waals surface area (Å²) < 4.78 is 0. The molecule has 1 saturated heterocycles. The van der Waals surface area contributed by atoms with Crippen LogP contribution in [0.25, 0.3) is 0 Å². The molecule has 0 aromatic heterocycles. The van der Waals surface area contributed by atoms with Crippen molar-refractivity contribution in [3.8, 4) is 0 Å². The minimum atomic E-state index is 0.710. The molecular formula is C17H35N3. The molecule has 0 amide bonds. The van der Waals surface area contributed by atoms with E-state index in [0.717, 1.165) is 17.9 Å². The van der Waals surface area contributed by atoms with Gasteiger partial charge in [-0.25, -0.2) is 0 Å². The molecule has 1 N–H and O–H groups in total. The monoisotopic (exact) mass is 281 g/mol. The zero-order chi connectivity index (χ0) is 14.5. The van der Waals surface area contributed by atoms with Crippen molar-refractivity contribution in [2.24, 2.45) is 11.8 Å². The quantitative estimate of drug-likeness (QED) is 0.835. The van der Waals surface area contributed by atoms with Crippen LogP contribution in [0.4, 0.5) is 0 Å². The topological polar surface area (TPSA) is 18.5 Å². The highest BCUT2D eigenvalue weighted by molar-refractivity contribution is 4.95. The predicted octanol–water partition coefficient (Wildman–Crippen LogP) is 2.43. The van der Waals surface area contributed by atoms with Gasteiger partial charge in [-0.15, -0.1) is 0 Å². The molecule has 3 heteroatoms. The van der Waals surface area contributed by atoms with Gasteiger partial charge >= 0.3 is 0 Å². The first kappa shape index (κ1) is 16.3. The van der Waals surface area contributed by atoms with E-state index in [2.05, 4.69) is 42.8 Å². The van der Waals surface area contributed by atoms with E-state index in [4.69, 9.17) is 0 Å². The number of piperazine rings is 1. The van der Waals surface area contributed by atoms with Gasteiger partial charge in [-0.2, -0.15) is 0 Å². The fourth-order valence-corrected chi connectivity index (χ4v) is 4.37. The van der Waals surface area contributed by atoms with Crippen molar-refractivity contribution in [1.29, 1.82) is 0 Å². The Morgan fingerprint density at radius 1 is 1.00 bits per heavy atom. The maximum absolute atomic E-state index is 3.85. The SMILES string of the molecule is CCCNC1CC(C)CC(C)C1N1CCN(CC)CC1. The Kier molecular flexibility index (Phi) is 6.31. The third kappa shape index (κ3) is 3.96. The van der Waals surface area contributed by atoms with E-state index in [0.29, 0.717) is 6.04 Å². The van der Waals surface area contributed by atoms with Crippen LogP contribution in [-0.2, 0) is 0 Å². The Morgan fingerprint density at radius 2 is 1.70 bits per heavy atom. The summed E-state index contributed by atoms with van der Waals surface area (Å²) >= 11 is 0. The van der Waals surface area contributed by atoms with Gasteiger partial charge in [0, 0.05) is 38.3 Å². The minimum absolute atomic E-state index is 0.710. The van der Waals surface area contributed by atoms with Crippen LogP contribution in [0.15, 0.2) is 0 Å². The molecule has 1 heterocycles. The van der Waals surface area contributed by atoms with E-state index >= 15 is 0 Å². The van der Waals surface area contributed by atoms with Crippen molar-refractivity contribution < 1.29 is 0 Å². The summed E-state index contributed by atoms with van der Waals surface area (Å²) in [5.74, 6) is 1.72. The first-order valence-electron chi connectivity index (χ1n) is 8.85. The number of nitrogens with zero attached hydrogens (tertiary/aromatic N) is 2. The van der Waals surface area contributed by atoms with Gasteiger partial charge in [0.15, 0.2) is 0 Å². The van der Waals surface area contributed by atoms with Crippen molar-refractivity contribution in [2.75, 3.05) is 39.3 Å². The van der Waals surface area contributed by atoms with Gasteiger partial charge in [0.1, 0.15) is 0 Å². The molecule has 0 aromatic carbocycles. The molecule has 118 valence electrons. The summed E-state index contributed by atoms with van der Waals surface area (Å²) in [6.45, 7) is 16.9. The van der Waals surface area contributed by atoms with Gasteiger partial charge in [-0.3, -0.25) is 4.90 Å². The highest BCUT2D eigenvalue weighted by atomic mass is 15.3. The van der Waals surface area contributed by atoms with E-state index in [1.807, 2.05) is 0 Å². The lowest BCUT2D eigenvalue weighted by molar-refractivity contribution is 0.0251. The number of nitrogens with one attached hydrogen (secondary N) is 1. The third-order valence-electron chi connectivity index (χ3n) is 5.36. The van der Waals surface area contributed by atoms with Crippen molar-refractivity contribution in [3.05, 3.63) is 0 Å². The third-order valence-corrected chi connectivity index (χ3v) is 5.36. The summed E-state index contributed by atoms with van der Waals surface area (Å²) in [6.07, 6.45) is 4.02. The fraction of sp³-hybridized carbons (Fsp3) is 1.00. The normalized spacial score (nSPS) is 37.2. The molecule has 0 spiro atoms. The molecule has 2 aliphatic rings. The van der Waals surface area contributed by atoms with Crippen LogP contribution in [0.5, 0.6) is 0 Å². The van der Waals surface area contributed by atoms with Gasteiger partial charge < -0.3 is 10.2 Å². The van der Waals surface area contributed by atoms with E-state index in [9.17, 15) is 0 Å². The summed E-state index contributed by atoms with van der Waals surface area (Å²) in [7, 11) is 0. The summed E-state index contributed by atoms with van der Waals surface area (Å²) in [4.78, 5) is 5.37. The minimum Gasteiger partial charge on any atom is -0.312 e. The fourth-order valence-electron chi connectivity index (χ4n) is 4.37. The molecule has 2 fully saturated rings. The Morgan fingerprint density at radius 3 is 2.30 bits per heavy atom. The molecule has 0 bridgehead atoms. The van der Waals surface area contributed by atoms with Crippen molar-refractivity contribution in [1.82, 2.24) is 15.1 Å².